The van der Waals surface area contributed by atoms with Gasteiger partial charge >= 0.3 is 0 Å². The number of anilines is 1. The van der Waals surface area contributed by atoms with E-state index in [9.17, 15) is 13.2 Å². The van der Waals surface area contributed by atoms with Gasteiger partial charge in [-0.1, -0.05) is 29.3 Å². The Hall–Kier alpha value is -2.22. The number of H-pyrrole nitrogens is 1. The highest BCUT2D eigenvalue weighted by Gasteiger charge is 2.19. The maximum absolute atomic E-state index is 12.8. The predicted octanol–water partition coefficient (Wildman–Crippen LogP) is 3.98. The standard InChI is InChI=1S/C17H15Cl2N3O3S/c1-22(2)17(23)10-4-3-5-11(8-10)26(24,25)21-14-7-6-12(18)15-13(19)9-20-16(14)15/h3-9,20-21H,1-2H3. The molecular formula is C17H15Cl2N3O3S. The number of nitrogens with one attached hydrogen (secondary N) is 2. The topological polar surface area (TPSA) is 82.3 Å². The van der Waals surface area contributed by atoms with Crippen molar-refractivity contribution in [3.8, 4) is 0 Å². The number of hydrogen-bond acceptors (Lipinski definition) is 3. The molecule has 0 bridgehead atoms. The fraction of sp³-hybridized carbons (Fsp3) is 0.118. The second-order valence-corrected chi connectivity index (χ2v) is 8.31. The predicted molar refractivity (Wildman–Crippen MR) is 104 cm³/mol. The monoisotopic (exact) mass is 411 g/mol. The van der Waals surface area contributed by atoms with E-state index in [0.29, 0.717) is 26.6 Å². The van der Waals surface area contributed by atoms with Gasteiger partial charge in [-0.25, -0.2) is 8.42 Å². The summed E-state index contributed by atoms with van der Waals surface area (Å²) in [6.45, 7) is 0. The van der Waals surface area contributed by atoms with Gasteiger partial charge in [-0.3, -0.25) is 9.52 Å². The lowest BCUT2D eigenvalue weighted by atomic mass is 10.2. The molecule has 0 aliphatic rings. The highest BCUT2D eigenvalue weighted by molar-refractivity contribution is 7.92. The van der Waals surface area contributed by atoms with E-state index >= 15 is 0 Å². The molecule has 26 heavy (non-hydrogen) atoms. The minimum atomic E-state index is -3.92. The van der Waals surface area contributed by atoms with Crippen LogP contribution in [0.2, 0.25) is 10.0 Å². The number of nitrogens with zero attached hydrogens (tertiary/aromatic N) is 1. The first kappa shape index (κ1) is 18.6. The van der Waals surface area contributed by atoms with E-state index in [2.05, 4.69) is 9.71 Å². The van der Waals surface area contributed by atoms with E-state index in [-0.39, 0.29) is 16.4 Å². The summed E-state index contributed by atoms with van der Waals surface area (Å²) in [6.07, 6.45) is 1.53. The molecule has 0 atom stereocenters. The molecular weight excluding hydrogens is 397 g/mol. The molecule has 0 saturated heterocycles. The maximum Gasteiger partial charge on any atom is 0.261 e. The van der Waals surface area contributed by atoms with Gasteiger partial charge in [0.2, 0.25) is 0 Å². The van der Waals surface area contributed by atoms with Crippen LogP contribution in [0.1, 0.15) is 10.4 Å². The van der Waals surface area contributed by atoms with Gasteiger partial charge in [0.1, 0.15) is 0 Å². The summed E-state index contributed by atoms with van der Waals surface area (Å²) < 4.78 is 28.0. The summed E-state index contributed by atoms with van der Waals surface area (Å²) in [7, 11) is -0.720. The minimum absolute atomic E-state index is 0.0223. The van der Waals surface area contributed by atoms with Gasteiger partial charge in [0.15, 0.2) is 0 Å². The van der Waals surface area contributed by atoms with Crippen molar-refractivity contribution in [1.82, 2.24) is 9.88 Å². The second-order valence-electron chi connectivity index (χ2n) is 5.81. The minimum Gasteiger partial charge on any atom is -0.358 e. The van der Waals surface area contributed by atoms with E-state index in [1.54, 1.807) is 32.3 Å². The molecule has 6 nitrogen and oxygen atoms in total. The molecule has 0 spiro atoms. The summed E-state index contributed by atoms with van der Waals surface area (Å²) in [4.78, 5) is 16.3. The third kappa shape index (κ3) is 3.38. The number of benzene rings is 2. The first-order valence-corrected chi connectivity index (χ1v) is 9.74. The fourth-order valence-electron chi connectivity index (χ4n) is 2.51. The van der Waals surface area contributed by atoms with Gasteiger partial charge < -0.3 is 9.88 Å². The van der Waals surface area contributed by atoms with Gasteiger partial charge in [0.05, 0.1) is 26.1 Å². The van der Waals surface area contributed by atoms with Crippen molar-refractivity contribution in [3.63, 3.8) is 0 Å². The number of rotatable bonds is 4. The highest BCUT2D eigenvalue weighted by atomic mass is 35.5. The van der Waals surface area contributed by atoms with Crippen LogP contribution < -0.4 is 4.72 Å². The van der Waals surface area contributed by atoms with Crippen LogP contribution >= 0.6 is 23.2 Å². The molecule has 2 N–H and O–H groups in total. The Balaban J connectivity index is 2.02. The molecule has 0 aliphatic carbocycles. The number of aromatic nitrogens is 1. The number of halogens is 2. The van der Waals surface area contributed by atoms with Crippen molar-refractivity contribution in [2.24, 2.45) is 0 Å². The van der Waals surface area contributed by atoms with Crippen LogP contribution in [0.3, 0.4) is 0 Å². The van der Waals surface area contributed by atoms with E-state index in [1.165, 1.54) is 29.3 Å². The van der Waals surface area contributed by atoms with E-state index in [1.807, 2.05) is 0 Å². The van der Waals surface area contributed by atoms with Crippen LogP contribution in [0.15, 0.2) is 47.5 Å². The smallest absolute Gasteiger partial charge is 0.261 e. The normalized spacial score (nSPS) is 11.5. The molecule has 136 valence electrons. The Bertz CT molecular complexity index is 1110. The largest absolute Gasteiger partial charge is 0.358 e. The summed E-state index contributed by atoms with van der Waals surface area (Å²) in [5.41, 5.74) is 1.06. The van der Waals surface area contributed by atoms with Gasteiger partial charge in [0, 0.05) is 31.2 Å². The zero-order chi connectivity index (χ0) is 19.1. The van der Waals surface area contributed by atoms with Crippen LogP contribution in [0.25, 0.3) is 10.9 Å². The van der Waals surface area contributed by atoms with Crippen molar-refractivity contribution in [2.75, 3.05) is 18.8 Å². The quantitative estimate of drug-likeness (QED) is 0.680. The molecule has 0 aliphatic heterocycles. The zero-order valence-corrected chi connectivity index (χ0v) is 16.2. The summed E-state index contributed by atoms with van der Waals surface area (Å²) in [5, 5.41) is 1.34. The van der Waals surface area contributed by atoms with Crippen molar-refractivity contribution in [2.45, 2.75) is 4.90 Å². The zero-order valence-electron chi connectivity index (χ0n) is 13.9. The number of carbonyl (C=O) groups excluding carboxylic acids is 1. The number of fused-ring (bicyclic) bond motifs is 1. The Labute approximate surface area is 160 Å². The van der Waals surface area contributed by atoms with Crippen LogP contribution in [0.5, 0.6) is 0 Å². The summed E-state index contributed by atoms with van der Waals surface area (Å²) in [6, 6.07) is 8.95. The third-order valence-electron chi connectivity index (χ3n) is 3.78. The number of aromatic amines is 1. The van der Waals surface area contributed by atoms with Gasteiger partial charge in [-0.05, 0) is 30.3 Å². The molecule has 1 aromatic heterocycles. The van der Waals surface area contributed by atoms with Crippen LogP contribution in [-0.4, -0.2) is 38.3 Å². The lowest BCUT2D eigenvalue weighted by Gasteiger charge is -2.13. The second kappa shape index (κ2) is 6.83. The molecule has 3 rings (SSSR count). The van der Waals surface area contributed by atoms with Crippen LogP contribution in [-0.2, 0) is 10.0 Å². The summed E-state index contributed by atoms with van der Waals surface area (Å²) in [5.74, 6) is -0.285. The highest BCUT2D eigenvalue weighted by Crippen LogP contribution is 2.35. The third-order valence-corrected chi connectivity index (χ3v) is 5.75. The first-order valence-electron chi connectivity index (χ1n) is 7.50. The SMILES string of the molecule is CN(C)C(=O)c1cccc(S(=O)(=O)Nc2ccc(Cl)c3c(Cl)c[nH]c23)c1. The molecule has 0 fully saturated rings. The Morgan fingerprint density at radius 3 is 2.54 bits per heavy atom. The van der Waals surface area contributed by atoms with Crippen molar-refractivity contribution < 1.29 is 13.2 Å². The molecule has 0 unspecified atom stereocenters. The van der Waals surface area contributed by atoms with Crippen LogP contribution in [0.4, 0.5) is 5.69 Å². The van der Waals surface area contributed by atoms with Crippen molar-refractivity contribution in [1.29, 1.82) is 0 Å². The number of hydrogen-bond donors (Lipinski definition) is 2. The molecule has 9 heteroatoms. The van der Waals surface area contributed by atoms with Crippen molar-refractivity contribution in [3.05, 3.63) is 58.2 Å². The fourth-order valence-corrected chi connectivity index (χ4v) is 4.19. The lowest BCUT2D eigenvalue weighted by Crippen LogP contribution is -2.22. The van der Waals surface area contributed by atoms with E-state index < -0.39 is 10.0 Å². The number of amides is 1. The molecule has 3 aromatic rings. The van der Waals surface area contributed by atoms with E-state index in [0.717, 1.165) is 0 Å². The average Bonchev–Trinajstić information content (AvgIpc) is 2.99. The Morgan fingerprint density at radius 2 is 1.85 bits per heavy atom. The number of sulfonamides is 1. The summed E-state index contributed by atoms with van der Waals surface area (Å²) >= 11 is 12.2. The van der Waals surface area contributed by atoms with Crippen molar-refractivity contribution >= 4 is 55.7 Å². The Morgan fingerprint density at radius 1 is 1.12 bits per heavy atom. The maximum atomic E-state index is 12.8. The van der Waals surface area contributed by atoms with Gasteiger partial charge in [0.25, 0.3) is 15.9 Å². The van der Waals surface area contributed by atoms with Crippen LogP contribution in [0, 0.1) is 0 Å². The van der Waals surface area contributed by atoms with Gasteiger partial charge in [-0.15, -0.1) is 0 Å². The molecule has 0 radical (unpaired) electrons. The molecule has 1 heterocycles. The average molecular weight is 412 g/mol. The van der Waals surface area contributed by atoms with E-state index in [4.69, 9.17) is 23.2 Å². The first-order chi connectivity index (χ1) is 12.2. The number of carbonyl (C=O) groups is 1. The molecule has 2 aromatic carbocycles. The lowest BCUT2D eigenvalue weighted by molar-refractivity contribution is 0.0827. The molecule has 1 amide bonds. The van der Waals surface area contributed by atoms with Gasteiger partial charge in [-0.2, -0.15) is 0 Å². The molecule has 0 saturated carbocycles. The Kier molecular flexibility index (Phi) is 4.88.